The van der Waals surface area contributed by atoms with Crippen molar-refractivity contribution in [1.29, 1.82) is 0 Å². The molecule has 100 valence electrons. The fourth-order valence-corrected chi connectivity index (χ4v) is 1.95. The van der Waals surface area contributed by atoms with Gasteiger partial charge in [0.25, 0.3) is 0 Å². The maximum Gasteiger partial charge on any atom is 0.130 e. The summed E-state index contributed by atoms with van der Waals surface area (Å²) in [4.78, 5) is 0. The second-order valence-corrected chi connectivity index (χ2v) is 4.36. The molecule has 7 heteroatoms. The van der Waals surface area contributed by atoms with Gasteiger partial charge in [-0.15, -0.1) is 0 Å². The summed E-state index contributed by atoms with van der Waals surface area (Å²) in [5.41, 5.74) is 11.8. The van der Waals surface area contributed by atoms with Gasteiger partial charge < -0.3 is 5.32 Å². The van der Waals surface area contributed by atoms with Gasteiger partial charge in [-0.3, -0.25) is 0 Å². The first-order valence-corrected chi connectivity index (χ1v) is 5.80. The van der Waals surface area contributed by atoms with Crippen LogP contribution in [0, 0.1) is 11.6 Å². The minimum atomic E-state index is -0.566. The van der Waals surface area contributed by atoms with E-state index in [1.165, 1.54) is 12.1 Å². The van der Waals surface area contributed by atoms with Crippen molar-refractivity contribution in [2.75, 3.05) is 0 Å². The average Bonchev–Trinajstić information content (AvgIpc) is 2.81. The van der Waals surface area contributed by atoms with Gasteiger partial charge in [0.2, 0.25) is 0 Å². The largest absolute Gasteiger partial charge is 0.305 e. The monoisotopic (exact) mass is 257 g/mol. The molecule has 0 radical (unpaired) electrons. The van der Waals surface area contributed by atoms with E-state index in [1.807, 2.05) is 13.8 Å². The zero-order valence-electron chi connectivity index (χ0n) is 10.2. The molecular weight excluding hydrogens is 240 g/mol. The summed E-state index contributed by atoms with van der Waals surface area (Å²) in [5, 5.41) is 3.23. The van der Waals surface area contributed by atoms with Gasteiger partial charge in [-0.05, 0) is 19.9 Å². The highest BCUT2D eigenvalue weighted by atomic mass is 19.1. The Morgan fingerprint density at radius 3 is 2.44 bits per heavy atom. The van der Waals surface area contributed by atoms with Gasteiger partial charge in [0.05, 0.1) is 0 Å². The summed E-state index contributed by atoms with van der Waals surface area (Å²) in [5.74, 6) is -1.10. The summed E-state index contributed by atoms with van der Waals surface area (Å²) in [7, 11) is 0. The van der Waals surface area contributed by atoms with Gasteiger partial charge >= 0.3 is 0 Å². The highest BCUT2D eigenvalue weighted by molar-refractivity contribution is 5.21. The third kappa shape index (κ3) is 3.01. The smallest absolute Gasteiger partial charge is 0.130 e. The number of nitrogens with one attached hydrogen (secondary N) is 5. The van der Waals surface area contributed by atoms with Crippen molar-refractivity contribution in [1.82, 2.24) is 27.2 Å². The molecule has 5 nitrogen and oxygen atoms in total. The van der Waals surface area contributed by atoms with Gasteiger partial charge in [-0.1, -0.05) is 6.07 Å². The normalized spacial score (nSPS) is 20.0. The van der Waals surface area contributed by atoms with Crippen LogP contribution in [0.2, 0.25) is 0 Å². The Labute approximate surface area is 104 Å². The number of rotatable bonds is 4. The predicted octanol–water partition coefficient (Wildman–Crippen LogP) is 0.447. The molecule has 0 bridgehead atoms. The first kappa shape index (κ1) is 13.3. The van der Waals surface area contributed by atoms with E-state index in [0.717, 1.165) is 6.07 Å². The Morgan fingerprint density at radius 2 is 1.83 bits per heavy atom. The molecular formula is C11H17F2N5. The number of hydrogen-bond donors (Lipinski definition) is 5. The summed E-state index contributed by atoms with van der Waals surface area (Å²) in [6.07, 6.45) is -0.0315. The fraction of sp³-hybridized carbons (Fsp3) is 0.455. The van der Waals surface area contributed by atoms with E-state index in [4.69, 9.17) is 0 Å². The molecule has 5 N–H and O–H groups in total. The van der Waals surface area contributed by atoms with Crippen molar-refractivity contribution >= 4 is 0 Å². The molecule has 1 heterocycles. The van der Waals surface area contributed by atoms with Gasteiger partial charge in [0.1, 0.15) is 17.8 Å². The minimum Gasteiger partial charge on any atom is -0.305 e. The third-order valence-electron chi connectivity index (χ3n) is 2.96. The van der Waals surface area contributed by atoms with E-state index >= 15 is 0 Å². The van der Waals surface area contributed by atoms with E-state index in [0.29, 0.717) is 5.56 Å². The number of hydrogen-bond acceptors (Lipinski definition) is 5. The standard InChI is InChI=1S/C11H17F2N5/c1-6(9-4-3-8(12)5-10(9)13)14-7(2)11-15-17-18-16-11/h3-7,11,14-18H,1-2H3. The van der Waals surface area contributed by atoms with Crippen LogP contribution in [0.3, 0.4) is 0 Å². The van der Waals surface area contributed by atoms with Gasteiger partial charge in [-0.25, -0.2) is 19.6 Å². The van der Waals surface area contributed by atoms with Crippen LogP contribution < -0.4 is 27.2 Å². The van der Waals surface area contributed by atoms with Crippen molar-refractivity contribution in [3.8, 4) is 0 Å². The molecule has 1 aromatic carbocycles. The van der Waals surface area contributed by atoms with Gasteiger partial charge in [0.15, 0.2) is 0 Å². The lowest BCUT2D eigenvalue weighted by molar-refractivity contribution is 0.354. The molecule has 0 spiro atoms. The maximum atomic E-state index is 13.6. The second kappa shape index (κ2) is 5.68. The van der Waals surface area contributed by atoms with Crippen molar-refractivity contribution in [3.63, 3.8) is 0 Å². The quantitative estimate of drug-likeness (QED) is 0.542. The molecule has 0 aromatic heterocycles. The van der Waals surface area contributed by atoms with Crippen LogP contribution in [0.15, 0.2) is 18.2 Å². The highest BCUT2D eigenvalue weighted by Crippen LogP contribution is 2.18. The van der Waals surface area contributed by atoms with Crippen LogP contribution in [0.25, 0.3) is 0 Å². The Balaban J connectivity index is 2.00. The zero-order chi connectivity index (χ0) is 13.1. The molecule has 1 aromatic rings. The molecule has 0 saturated carbocycles. The minimum absolute atomic E-state index is 0.0315. The molecule has 1 fully saturated rings. The topological polar surface area (TPSA) is 60.1 Å². The van der Waals surface area contributed by atoms with Gasteiger partial charge in [-0.2, -0.15) is 11.1 Å². The maximum absolute atomic E-state index is 13.6. The Hall–Kier alpha value is -1.12. The summed E-state index contributed by atoms with van der Waals surface area (Å²) < 4.78 is 26.4. The lowest BCUT2D eigenvalue weighted by Crippen LogP contribution is -2.50. The van der Waals surface area contributed by atoms with Crippen molar-refractivity contribution in [3.05, 3.63) is 35.4 Å². The number of halogens is 2. The average molecular weight is 257 g/mol. The van der Waals surface area contributed by atoms with Crippen LogP contribution >= 0.6 is 0 Å². The number of benzene rings is 1. The summed E-state index contributed by atoms with van der Waals surface area (Å²) in [6, 6.07) is 3.43. The van der Waals surface area contributed by atoms with E-state index in [9.17, 15) is 8.78 Å². The van der Waals surface area contributed by atoms with E-state index in [2.05, 4.69) is 27.2 Å². The molecule has 1 aliphatic rings. The Kier molecular flexibility index (Phi) is 4.20. The summed E-state index contributed by atoms with van der Waals surface area (Å²) >= 11 is 0. The van der Waals surface area contributed by atoms with Crippen molar-refractivity contribution in [2.24, 2.45) is 0 Å². The third-order valence-corrected chi connectivity index (χ3v) is 2.96. The molecule has 1 saturated heterocycles. The van der Waals surface area contributed by atoms with E-state index in [1.54, 1.807) is 0 Å². The van der Waals surface area contributed by atoms with Crippen LogP contribution in [0.4, 0.5) is 8.78 Å². The molecule has 0 amide bonds. The first-order chi connectivity index (χ1) is 8.58. The molecule has 2 atom stereocenters. The SMILES string of the molecule is CC(NC(C)C1NNNN1)c1ccc(F)cc1F. The lowest BCUT2D eigenvalue weighted by Gasteiger charge is -2.24. The lowest BCUT2D eigenvalue weighted by atomic mass is 10.1. The second-order valence-electron chi connectivity index (χ2n) is 4.36. The van der Waals surface area contributed by atoms with Crippen LogP contribution in [-0.2, 0) is 0 Å². The van der Waals surface area contributed by atoms with Crippen LogP contribution in [-0.4, -0.2) is 12.2 Å². The fourth-order valence-electron chi connectivity index (χ4n) is 1.95. The van der Waals surface area contributed by atoms with Crippen LogP contribution in [0.5, 0.6) is 0 Å². The van der Waals surface area contributed by atoms with Gasteiger partial charge in [0, 0.05) is 23.7 Å². The van der Waals surface area contributed by atoms with E-state index in [-0.39, 0.29) is 18.2 Å². The predicted molar refractivity (Wildman–Crippen MR) is 63.7 cm³/mol. The van der Waals surface area contributed by atoms with Crippen LogP contribution in [0.1, 0.15) is 25.5 Å². The molecule has 2 unspecified atom stereocenters. The Bertz CT molecular complexity index is 408. The summed E-state index contributed by atoms with van der Waals surface area (Å²) in [6.45, 7) is 3.79. The number of hydrazine groups is 3. The molecule has 0 aliphatic carbocycles. The molecule has 1 aliphatic heterocycles. The molecule has 2 rings (SSSR count). The zero-order valence-corrected chi connectivity index (χ0v) is 10.2. The first-order valence-electron chi connectivity index (χ1n) is 5.80. The Morgan fingerprint density at radius 1 is 1.17 bits per heavy atom. The van der Waals surface area contributed by atoms with Crippen molar-refractivity contribution in [2.45, 2.75) is 32.1 Å². The van der Waals surface area contributed by atoms with E-state index < -0.39 is 11.6 Å². The van der Waals surface area contributed by atoms with Crippen molar-refractivity contribution < 1.29 is 8.78 Å². The molecule has 18 heavy (non-hydrogen) atoms. The highest BCUT2D eigenvalue weighted by Gasteiger charge is 2.22.